The highest BCUT2D eigenvalue weighted by Gasteiger charge is 2.12. The molecule has 0 spiro atoms. The lowest BCUT2D eigenvalue weighted by atomic mass is 10.1. The lowest BCUT2D eigenvalue weighted by molar-refractivity contribution is 1.12. The van der Waals surface area contributed by atoms with Gasteiger partial charge in [-0.05, 0) is 72.6 Å². The monoisotopic (exact) mass is 510 g/mol. The lowest BCUT2D eigenvalue weighted by Gasteiger charge is -2.15. The summed E-state index contributed by atoms with van der Waals surface area (Å²) in [6, 6.07) is 21.3. The zero-order valence-corrected chi connectivity index (χ0v) is 19.2. The van der Waals surface area contributed by atoms with Crippen LogP contribution in [0.4, 0.5) is 0 Å². The van der Waals surface area contributed by atoms with Gasteiger partial charge in [-0.25, -0.2) is 0 Å². The van der Waals surface area contributed by atoms with Crippen LogP contribution in [-0.2, 0) is 5.75 Å². The van der Waals surface area contributed by atoms with Gasteiger partial charge in [0.2, 0.25) is 0 Å². The van der Waals surface area contributed by atoms with Crippen molar-refractivity contribution in [2.75, 3.05) is 0 Å². The summed E-state index contributed by atoms with van der Waals surface area (Å²) in [5.74, 6) is 0.739. The molecular weight excluding hydrogens is 496 g/mol. The van der Waals surface area contributed by atoms with E-state index in [-0.39, 0.29) is 0 Å². The Hall–Kier alpha value is -0.330. The van der Waals surface area contributed by atoms with Crippen LogP contribution in [0.3, 0.4) is 0 Å². The highest BCUT2D eigenvalue weighted by Crippen LogP contribution is 2.40. The molecule has 0 aliphatic carbocycles. The molecule has 3 aromatic carbocycles. The van der Waals surface area contributed by atoms with Crippen LogP contribution in [0.25, 0.3) is 0 Å². The van der Waals surface area contributed by atoms with Crippen molar-refractivity contribution >= 4 is 68.0 Å². The number of halogens is 2. The minimum atomic E-state index is 0.739. The van der Waals surface area contributed by atoms with E-state index in [1.54, 1.807) is 11.8 Å². The Balaban J connectivity index is 1.93. The van der Waals surface area contributed by atoms with Crippen molar-refractivity contribution in [3.63, 3.8) is 0 Å². The van der Waals surface area contributed by atoms with Crippen molar-refractivity contribution < 1.29 is 0 Å². The standard InChI is InChI=1S/C20H16Br2S3/c1-13-19(24-17-7-3-15(21)4-8-17)11-2-14(12-23)20(13)25-18-9-5-16(22)6-10-18/h2-11,23H,12H2,1H3. The second-order valence-electron chi connectivity index (χ2n) is 5.45. The van der Waals surface area contributed by atoms with Crippen LogP contribution in [-0.4, -0.2) is 0 Å². The van der Waals surface area contributed by atoms with Crippen LogP contribution < -0.4 is 0 Å². The fraction of sp³-hybridized carbons (Fsp3) is 0.100. The van der Waals surface area contributed by atoms with Crippen LogP contribution >= 0.6 is 68.0 Å². The predicted molar refractivity (Wildman–Crippen MR) is 120 cm³/mol. The van der Waals surface area contributed by atoms with E-state index < -0.39 is 0 Å². The average molecular weight is 512 g/mol. The molecule has 0 unspecified atom stereocenters. The Labute approximate surface area is 179 Å². The Morgan fingerprint density at radius 2 is 1.28 bits per heavy atom. The largest absolute Gasteiger partial charge is 0.175 e. The fourth-order valence-corrected chi connectivity index (χ4v) is 5.28. The molecule has 0 nitrogen and oxygen atoms in total. The summed E-state index contributed by atoms with van der Waals surface area (Å²) in [7, 11) is 0. The second-order valence-corrected chi connectivity index (χ2v) is 9.79. The summed E-state index contributed by atoms with van der Waals surface area (Å²) in [4.78, 5) is 5.07. The molecule has 0 aromatic heterocycles. The van der Waals surface area contributed by atoms with Crippen molar-refractivity contribution in [1.82, 2.24) is 0 Å². The van der Waals surface area contributed by atoms with E-state index in [4.69, 9.17) is 0 Å². The molecular formula is C20H16Br2S3. The molecule has 0 heterocycles. The first kappa shape index (κ1) is 19.4. The highest BCUT2D eigenvalue weighted by atomic mass is 79.9. The number of hydrogen-bond donors (Lipinski definition) is 1. The third-order valence-electron chi connectivity index (χ3n) is 3.68. The van der Waals surface area contributed by atoms with Gasteiger partial charge in [-0.1, -0.05) is 61.5 Å². The average Bonchev–Trinajstić information content (AvgIpc) is 2.62. The van der Waals surface area contributed by atoms with Crippen LogP contribution in [0.2, 0.25) is 0 Å². The van der Waals surface area contributed by atoms with Crippen LogP contribution in [0.15, 0.2) is 89.2 Å². The first-order valence-corrected chi connectivity index (χ1v) is 11.5. The van der Waals surface area contributed by atoms with Crippen LogP contribution in [0, 0.1) is 6.92 Å². The number of thiol groups is 1. The Morgan fingerprint density at radius 3 is 1.80 bits per heavy atom. The first-order valence-electron chi connectivity index (χ1n) is 7.67. The Kier molecular flexibility index (Phi) is 7.03. The van der Waals surface area contributed by atoms with Crippen molar-refractivity contribution in [3.8, 4) is 0 Å². The summed E-state index contributed by atoms with van der Waals surface area (Å²) in [6.45, 7) is 2.20. The van der Waals surface area contributed by atoms with Gasteiger partial charge in [0.15, 0.2) is 0 Å². The van der Waals surface area contributed by atoms with Gasteiger partial charge in [0.1, 0.15) is 0 Å². The summed E-state index contributed by atoms with van der Waals surface area (Å²) in [6.07, 6.45) is 0. The van der Waals surface area contributed by atoms with Crippen LogP contribution in [0.5, 0.6) is 0 Å². The summed E-state index contributed by atoms with van der Waals surface area (Å²) in [5, 5.41) is 0. The lowest BCUT2D eigenvalue weighted by Crippen LogP contribution is -1.91. The first-order chi connectivity index (χ1) is 12.1. The Morgan fingerprint density at radius 1 is 0.760 bits per heavy atom. The molecule has 0 radical (unpaired) electrons. The van der Waals surface area contributed by atoms with E-state index in [0.29, 0.717) is 0 Å². The number of benzene rings is 3. The molecule has 0 N–H and O–H groups in total. The van der Waals surface area contributed by atoms with E-state index in [1.807, 2.05) is 11.8 Å². The molecule has 0 aliphatic rings. The normalized spacial score (nSPS) is 10.9. The predicted octanol–water partition coefficient (Wildman–Crippen LogP) is 8.25. The molecule has 128 valence electrons. The van der Waals surface area contributed by atoms with Crippen molar-refractivity contribution in [2.45, 2.75) is 32.3 Å². The second kappa shape index (κ2) is 9.05. The van der Waals surface area contributed by atoms with Gasteiger partial charge >= 0.3 is 0 Å². The molecule has 3 rings (SSSR count). The van der Waals surface area contributed by atoms with Crippen LogP contribution in [0.1, 0.15) is 11.1 Å². The van der Waals surface area contributed by atoms with Gasteiger partial charge in [0.25, 0.3) is 0 Å². The molecule has 0 amide bonds. The van der Waals surface area contributed by atoms with Crippen molar-refractivity contribution in [2.24, 2.45) is 0 Å². The van der Waals surface area contributed by atoms with E-state index in [2.05, 4.69) is 112 Å². The van der Waals surface area contributed by atoms with E-state index in [9.17, 15) is 0 Å². The third kappa shape index (κ3) is 5.10. The zero-order chi connectivity index (χ0) is 17.8. The van der Waals surface area contributed by atoms with Crippen molar-refractivity contribution in [3.05, 3.63) is 80.7 Å². The number of hydrogen-bond acceptors (Lipinski definition) is 3. The maximum absolute atomic E-state index is 4.52. The minimum Gasteiger partial charge on any atom is -0.175 e. The smallest absolute Gasteiger partial charge is 0.0203 e. The van der Waals surface area contributed by atoms with Gasteiger partial charge in [-0.3, -0.25) is 0 Å². The number of rotatable bonds is 5. The molecule has 0 saturated carbocycles. The minimum absolute atomic E-state index is 0.739. The SMILES string of the molecule is Cc1c(Sc2ccc(Br)cc2)ccc(CS)c1Sc1ccc(Br)cc1. The quantitative estimate of drug-likeness (QED) is 0.342. The van der Waals surface area contributed by atoms with E-state index >= 15 is 0 Å². The van der Waals surface area contributed by atoms with E-state index in [1.165, 1.54) is 30.7 Å². The van der Waals surface area contributed by atoms with Crippen molar-refractivity contribution in [1.29, 1.82) is 0 Å². The summed E-state index contributed by atoms with van der Waals surface area (Å²) in [5.41, 5.74) is 2.58. The van der Waals surface area contributed by atoms with E-state index in [0.717, 1.165) is 14.7 Å². The van der Waals surface area contributed by atoms with Gasteiger partial charge in [0.05, 0.1) is 0 Å². The topological polar surface area (TPSA) is 0 Å². The fourth-order valence-electron chi connectivity index (χ4n) is 2.36. The maximum Gasteiger partial charge on any atom is 0.0203 e. The van der Waals surface area contributed by atoms with Gasteiger partial charge in [-0.15, -0.1) is 0 Å². The molecule has 0 fully saturated rings. The highest BCUT2D eigenvalue weighted by molar-refractivity contribution is 9.10. The molecule has 0 saturated heterocycles. The summed E-state index contributed by atoms with van der Waals surface area (Å²) >= 11 is 15.1. The van der Waals surface area contributed by atoms with Gasteiger partial charge < -0.3 is 0 Å². The Bertz CT molecular complexity index is 859. The van der Waals surface area contributed by atoms with Gasteiger partial charge in [0, 0.05) is 34.3 Å². The molecule has 0 bridgehead atoms. The third-order valence-corrected chi connectivity index (χ3v) is 7.53. The summed E-state index contributed by atoms with van der Waals surface area (Å²) < 4.78 is 2.20. The molecule has 25 heavy (non-hydrogen) atoms. The maximum atomic E-state index is 4.52. The molecule has 0 aliphatic heterocycles. The molecule has 0 atom stereocenters. The molecule has 5 heteroatoms. The van der Waals surface area contributed by atoms with Gasteiger partial charge in [-0.2, -0.15) is 12.6 Å². The molecule has 3 aromatic rings. The zero-order valence-electron chi connectivity index (χ0n) is 13.5.